The van der Waals surface area contributed by atoms with Crippen LogP contribution < -0.4 is 5.73 Å². The standard InChI is InChI=1S/C11H22N2O2/c1-8-4-3-5-9(2)13(8)7-6-10(12)11(14)15/h8-10H,3-7,12H2,1-2H3,(H,14,15)/t8?,9?,10-/m1/s1. The lowest BCUT2D eigenvalue weighted by Crippen LogP contribution is -2.46. The van der Waals surface area contributed by atoms with Gasteiger partial charge in [-0.05, 0) is 33.1 Å². The van der Waals surface area contributed by atoms with Gasteiger partial charge >= 0.3 is 5.97 Å². The SMILES string of the molecule is CC1CCCC(C)N1CC[C@@H](N)C(=O)O. The fraction of sp³-hybridized carbons (Fsp3) is 0.909. The number of hydrogen-bond donors (Lipinski definition) is 2. The minimum Gasteiger partial charge on any atom is -0.480 e. The number of carboxylic acid groups (broad SMARTS) is 1. The van der Waals surface area contributed by atoms with Crippen molar-refractivity contribution in [2.24, 2.45) is 5.73 Å². The van der Waals surface area contributed by atoms with E-state index in [1.165, 1.54) is 19.3 Å². The molecule has 1 aliphatic rings. The molecular weight excluding hydrogens is 192 g/mol. The highest BCUT2D eigenvalue weighted by atomic mass is 16.4. The van der Waals surface area contributed by atoms with E-state index >= 15 is 0 Å². The maximum atomic E-state index is 10.6. The van der Waals surface area contributed by atoms with E-state index in [9.17, 15) is 4.79 Å². The van der Waals surface area contributed by atoms with E-state index in [-0.39, 0.29) is 0 Å². The largest absolute Gasteiger partial charge is 0.480 e. The molecule has 4 nitrogen and oxygen atoms in total. The highest BCUT2D eigenvalue weighted by Crippen LogP contribution is 2.22. The van der Waals surface area contributed by atoms with Crippen LogP contribution in [-0.4, -0.2) is 40.6 Å². The van der Waals surface area contributed by atoms with Gasteiger partial charge in [-0.1, -0.05) is 6.42 Å². The van der Waals surface area contributed by atoms with Gasteiger partial charge < -0.3 is 10.8 Å². The van der Waals surface area contributed by atoms with Gasteiger partial charge in [-0.2, -0.15) is 0 Å². The molecule has 3 N–H and O–H groups in total. The number of likely N-dealkylation sites (tertiary alicyclic amines) is 1. The topological polar surface area (TPSA) is 66.6 Å². The molecule has 0 aromatic carbocycles. The molecule has 0 saturated carbocycles. The molecule has 88 valence electrons. The Morgan fingerprint density at radius 3 is 2.47 bits per heavy atom. The van der Waals surface area contributed by atoms with E-state index < -0.39 is 12.0 Å². The minimum absolute atomic E-state index is 0.546. The highest BCUT2D eigenvalue weighted by molar-refractivity contribution is 5.72. The van der Waals surface area contributed by atoms with Gasteiger partial charge in [0.1, 0.15) is 6.04 Å². The van der Waals surface area contributed by atoms with Crippen molar-refractivity contribution >= 4 is 5.97 Å². The van der Waals surface area contributed by atoms with E-state index in [1.54, 1.807) is 0 Å². The lowest BCUT2D eigenvalue weighted by molar-refractivity contribution is -0.138. The number of rotatable bonds is 4. The molecule has 0 amide bonds. The quantitative estimate of drug-likeness (QED) is 0.734. The van der Waals surface area contributed by atoms with Gasteiger partial charge in [0.25, 0.3) is 0 Å². The first-order valence-electron chi connectivity index (χ1n) is 5.76. The maximum absolute atomic E-state index is 10.6. The summed E-state index contributed by atoms with van der Waals surface area (Å²) in [6.45, 7) is 5.22. The number of aliphatic carboxylic acids is 1. The van der Waals surface area contributed by atoms with Crippen LogP contribution in [0.3, 0.4) is 0 Å². The summed E-state index contributed by atoms with van der Waals surface area (Å²) < 4.78 is 0. The number of nitrogens with zero attached hydrogens (tertiary/aromatic N) is 1. The summed E-state index contributed by atoms with van der Waals surface area (Å²) in [6.07, 6.45) is 4.26. The van der Waals surface area contributed by atoms with Crippen molar-refractivity contribution in [1.82, 2.24) is 4.90 Å². The van der Waals surface area contributed by atoms with Crippen LogP contribution in [0.15, 0.2) is 0 Å². The molecule has 0 radical (unpaired) electrons. The molecule has 15 heavy (non-hydrogen) atoms. The summed E-state index contributed by atoms with van der Waals surface area (Å²) in [4.78, 5) is 13.0. The first kappa shape index (κ1) is 12.5. The third kappa shape index (κ3) is 3.47. The van der Waals surface area contributed by atoms with Crippen LogP contribution in [0.4, 0.5) is 0 Å². The van der Waals surface area contributed by atoms with E-state index in [2.05, 4.69) is 18.7 Å². The predicted octanol–water partition coefficient (Wildman–Crippen LogP) is 1.05. The van der Waals surface area contributed by atoms with Crippen molar-refractivity contribution in [2.75, 3.05) is 6.54 Å². The van der Waals surface area contributed by atoms with Gasteiger partial charge in [-0.3, -0.25) is 9.69 Å². The third-order valence-electron chi connectivity index (χ3n) is 3.39. The van der Waals surface area contributed by atoms with Crippen molar-refractivity contribution in [1.29, 1.82) is 0 Å². The van der Waals surface area contributed by atoms with Gasteiger partial charge in [-0.15, -0.1) is 0 Å². The molecule has 1 aliphatic heterocycles. The minimum atomic E-state index is -0.896. The van der Waals surface area contributed by atoms with Crippen LogP contribution in [0, 0.1) is 0 Å². The number of hydrogen-bond acceptors (Lipinski definition) is 3. The summed E-state index contributed by atoms with van der Waals surface area (Å²) in [6, 6.07) is 0.413. The second kappa shape index (κ2) is 5.47. The average Bonchev–Trinajstić information content (AvgIpc) is 2.16. The molecule has 0 aromatic rings. The Kier molecular flexibility index (Phi) is 4.54. The Balaban J connectivity index is 2.38. The number of piperidine rings is 1. The molecule has 0 spiro atoms. The highest BCUT2D eigenvalue weighted by Gasteiger charge is 2.25. The molecule has 1 saturated heterocycles. The lowest BCUT2D eigenvalue weighted by Gasteiger charge is -2.39. The van der Waals surface area contributed by atoms with Crippen molar-refractivity contribution in [3.05, 3.63) is 0 Å². The van der Waals surface area contributed by atoms with Gasteiger partial charge in [-0.25, -0.2) is 0 Å². The van der Waals surface area contributed by atoms with Crippen molar-refractivity contribution < 1.29 is 9.90 Å². The van der Waals surface area contributed by atoms with Gasteiger partial charge in [0.05, 0.1) is 0 Å². The van der Waals surface area contributed by atoms with Gasteiger partial charge in [0, 0.05) is 18.6 Å². The fourth-order valence-corrected chi connectivity index (χ4v) is 2.33. The van der Waals surface area contributed by atoms with Crippen LogP contribution in [0.25, 0.3) is 0 Å². The molecule has 0 aliphatic carbocycles. The molecule has 2 unspecified atom stereocenters. The molecule has 1 rings (SSSR count). The first-order chi connectivity index (χ1) is 7.02. The Labute approximate surface area is 91.4 Å². The van der Waals surface area contributed by atoms with Crippen LogP contribution >= 0.6 is 0 Å². The normalized spacial score (nSPS) is 30.1. The molecular formula is C11H22N2O2. The number of nitrogens with two attached hydrogens (primary N) is 1. The Bertz CT molecular complexity index is 211. The molecule has 1 fully saturated rings. The van der Waals surface area contributed by atoms with Crippen molar-refractivity contribution in [2.45, 2.75) is 57.7 Å². The zero-order valence-electron chi connectivity index (χ0n) is 9.65. The number of carboxylic acids is 1. The summed E-state index contributed by atoms with van der Waals surface area (Å²) in [5.74, 6) is -0.896. The third-order valence-corrected chi connectivity index (χ3v) is 3.39. The summed E-state index contributed by atoms with van der Waals surface area (Å²) in [5, 5.41) is 8.70. The van der Waals surface area contributed by atoms with Crippen LogP contribution in [0.5, 0.6) is 0 Å². The van der Waals surface area contributed by atoms with Crippen LogP contribution in [0.1, 0.15) is 39.5 Å². The Hall–Kier alpha value is -0.610. The van der Waals surface area contributed by atoms with Crippen LogP contribution in [0.2, 0.25) is 0 Å². The Morgan fingerprint density at radius 2 is 2.00 bits per heavy atom. The molecule has 0 bridgehead atoms. The summed E-state index contributed by atoms with van der Waals surface area (Å²) >= 11 is 0. The summed E-state index contributed by atoms with van der Waals surface area (Å²) in [5.41, 5.74) is 5.50. The van der Waals surface area contributed by atoms with Crippen molar-refractivity contribution in [3.8, 4) is 0 Å². The summed E-state index contributed by atoms with van der Waals surface area (Å²) in [7, 11) is 0. The molecule has 4 heteroatoms. The average molecular weight is 214 g/mol. The van der Waals surface area contributed by atoms with Crippen LogP contribution in [-0.2, 0) is 4.79 Å². The molecule has 0 aromatic heterocycles. The van der Waals surface area contributed by atoms with Gasteiger partial charge in [0.2, 0.25) is 0 Å². The molecule has 3 atom stereocenters. The molecule has 1 heterocycles. The Morgan fingerprint density at radius 1 is 1.47 bits per heavy atom. The zero-order chi connectivity index (χ0) is 11.4. The fourth-order valence-electron chi connectivity index (χ4n) is 2.33. The smallest absolute Gasteiger partial charge is 0.320 e. The maximum Gasteiger partial charge on any atom is 0.320 e. The van der Waals surface area contributed by atoms with E-state index in [4.69, 9.17) is 10.8 Å². The second-order valence-electron chi connectivity index (χ2n) is 4.60. The predicted molar refractivity (Wildman–Crippen MR) is 59.7 cm³/mol. The van der Waals surface area contributed by atoms with Crippen molar-refractivity contribution in [3.63, 3.8) is 0 Å². The van der Waals surface area contributed by atoms with E-state index in [1.807, 2.05) is 0 Å². The first-order valence-corrected chi connectivity index (χ1v) is 5.76. The second-order valence-corrected chi connectivity index (χ2v) is 4.60. The van der Waals surface area contributed by atoms with E-state index in [0.29, 0.717) is 18.5 Å². The lowest BCUT2D eigenvalue weighted by atomic mass is 9.97. The monoisotopic (exact) mass is 214 g/mol. The zero-order valence-corrected chi connectivity index (χ0v) is 9.65. The van der Waals surface area contributed by atoms with E-state index in [0.717, 1.165) is 6.54 Å². The number of carbonyl (C=O) groups is 1. The van der Waals surface area contributed by atoms with Gasteiger partial charge in [0.15, 0.2) is 0 Å².